The summed E-state index contributed by atoms with van der Waals surface area (Å²) < 4.78 is 6.22. The van der Waals surface area contributed by atoms with Gasteiger partial charge in [-0.3, -0.25) is 0 Å². The molecule has 2 heteroatoms. The van der Waals surface area contributed by atoms with Crippen LogP contribution in [0.2, 0.25) is 0 Å². The highest BCUT2D eigenvalue weighted by Gasteiger charge is 2.24. The van der Waals surface area contributed by atoms with E-state index in [9.17, 15) is 0 Å². The molecule has 4 aromatic rings. The summed E-state index contributed by atoms with van der Waals surface area (Å²) in [5.41, 5.74) is 2.23. The van der Waals surface area contributed by atoms with Gasteiger partial charge in [0.2, 0.25) is 0 Å². The Labute approximate surface area is 134 Å². The van der Waals surface area contributed by atoms with Gasteiger partial charge in [-0.15, -0.1) is 0 Å². The fourth-order valence-corrected chi connectivity index (χ4v) is 3.45. The van der Waals surface area contributed by atoms with Crippen molar-refractivity contribution in [2.24, 2.45) is 0 Å². The number of hydrogen-bond acceptors (Lipinski definition) is 2. The van der Waals surface area contributed by atoms with Crippen molar-refractivity contribution in [1.82, 2.24) is 0 Å². The van der Waals surface area contributed by atoms with Gasteiger partial charge in [-0.05, 0) is 34.4 Å². The van der Waals surface area contributed by atoms with Crippen LogP contribution in [0, 0.1) is 0 Å². The van der Waals surface area contributed by atoms with Gasteiger partial charge in [0.05, 0.1) is 11.4 Å². The smallest absolute Gasteiger partial charge is 0.151 e. The summed E-state index contributed by atoms with van der Waals surface area (Å²) in [7, 11) is 2.11. The van der Waals surface area contributed by atoms with E-state index in [0.29, 0.717) is 0 Å². The normalized spacial score (nSPS) is 12.8. The predicted molar refractivity (Wildman–Crippen MR) is 96.0 cm³/mol. The van der Waals surface area contributed by atoms with Gasteiger partial charge < -0.3 is 9.64 Å². The van der Waals surface area contributed by atoms with Crippen molar-refractivity contribution in [2.45, 2.75) is 0 Å². The molecule has 0 unspecified atom stereocenters. The summed E-state index contributed by atoms with van der Waals surface area (Å²) in [6, 6.07) is 25.3. The molecule has 5 rings (SSSR count). The van der Waals surface area contributed by atoms with Gasteiger partial charge in [0.1, 0.15) is 0 Å². The average Bonchev–Trinajstić information content (AvgIpc) is 2.60. The molecule has 0 saturated carbocycles. The van der Waals surface area contributed by atoms with E-state index in [4.69, 9.17) is 4.74 Å². The number of fused-ring (bicyclic) bond motifs is 5. The molecule has 0 saturated heterocycles. The lowest BCUT2D eigenvalue weighted by Crippen LogP contribution is -2.16. The summed E-state index contributed by atoms with van der Waals surface area (Å²) in [6.07, 6.45) is 0. The number of hydrogen-bond donors (Lipinski definition) is 0. The zero-order valence-electron chi connectivity index (χ0n) is 12.8. The Kier molecular flexibility index (Phi) is 2.45. The van der Waals surface area contributed by atoms with Crippen molar-refractivity contribution in [2.75, 3.05) is 11.9 Å². The molecule has 0 radical (unpaired) electrons. The van der Waals surface area contributed by atoms with Crippen LogP contribution in [0.25, 0.3) is 21.5 Å². The molecule has 1 heterocycles. The van der Waals surface area contributed by atoms with E-state index in [-0.39, 0.29) is 0 Å². The van der Waals surface area contributed by atoms with E-state index >= 15 is 0 Å². The molecule has 2 nitrogen and oxygen atoms in total. The molecule has 0 atom stereocenters. The van der Waals surface area contributed by atoms with Crippen LogP contribution in [-0.2, 0) is 0 Å². The van der Waals surface area contributed by atoms with Crippen molar-refractivity contribution in [3.05, 3.63) is 72.8 Å². The first-order chi connectivity index (χ1) is 11.3. The van der Waals surface area contributed by atoms with Crippen LogP contribution in [-0.4, -0.2) is 7.05 Å². The monoisotopic (exact) mass is 297 g/mol. The van der Waals surface area contributed by atoms with Gasteiger partial charge in [0.15, 0.2) is 11.5 Å². The largest absolute Gasteiger partial charge is 0.453 e. The van der Waals surface area contributed by atoms with Crippen molar-refractivity contribution in [1.29, 1.82) is 0 Å². The highest BCUT2D eigenvalue weighted by molar-refractivity contribution is 6.02. The van der Waals surface area contributed by atoms with Gasteiger partial charge in [-0.25, -0.2) is 0 Å². The van der Waals surface area contributed by atoms with Gasteiger partial charge >= 0.3 is 0 Å². The van der Waals surface area contributed by atoms with E-state index in [1.54, 1.807) is 0 Å². The zero-order valence-corrected chi connectivity index (χ0v) is 12.8. The molecule has 23 heavy (non-hydrogen) atoms. The lowest BCUT2D eigenvalue weighted by Gasteiger charge is -2.31. The summed E-state index contributed by atoms with van der Waals surface area (Å²) in [4.78, 5) is 2.24. The van der Waals surface area contributed by atoms with Crippen LogP contribution in [0.15, 0.2) is 72.8 Å². The van der Waals surface area contributed by atoms with Gasteiger partial charge in [-0.2, -0.15) is 0 Å². The minimum Gasteiger partial charge on any atom is -0.453 e. The molecular formula is C21H15NO. The second kappa shape index (κ2) is 4.50. The first-order valence-electron chi connectivity index (χ1n) is 7.77. The maximum atomic E-state index is 6.22. The first kappa shape index (κ1) is 12.5. The molecule has 0 bridgehead atoms. The third kappa shape index (κ3) is 1.75. The third-order valence-corrected chi connectivity index (χ3v) is 4.61. The van der Waals surface area contributed by atoms with Crippen LogP contribution in [0.4, 0.5) is 11.4 Å². The SMILES string of the molecule is CN1c2cc3ccccc3cc2Oc2ccc3ccccc3c21. The zero-order chi connectivity index (χ0) is 15.4. The van der Waals surface area contributed by atoms with Crippen LogP contribution in [0.5, 0.6) is 11.5 Å². The minimum absolute atomic E-state index is 0.911. The van der Waals surface area contributed by atoms with E-state index in [1.165, 1.54) is 21.5 Å². The Morgan fingerprint density at radius 3 is 2.22 bits per heavy atom. The Bertz CT molecular complexity index is 1070. The molecule has 0 spiro atoms. The number of benzene rings is 4. The molecule has 0 fully saturated rings. The molecule has 110 valence electrons. The Morgan fingerprint density at radius 1 is 0.696 bits per heavy atom. The Morgan fingerprint density at radius 2 is 1.39 bits per heavy atom. The summed E-state index contributed by atoms with van der Waals surface area (Å²) in [5.74, 6) is 1.82. The molecule has 0 aliphatic carbocycles. The molecule has 0 N–H and O–H groups in total. The van der Waals surface area contributed by atoms with Crippen molar-refractivity contribution in [3.8, 4) is 11.5 Å². The Balaban J connectivity index is 1.80. The fourth-order valence-electron chi connectivity index (χ4n) is 3.45. The molecule has 1 aliphatic rings. The van der Waals surface area contributed by atoms with Crippen molar-refractivity contribution in [3.63, 3.8) is 0 Å². The maximum absolute atomic E-state index is 6.22. The first-order valence-corrected chi connectivity index (χ1v) is 7.77. The molecular weight excluding hydrogens is 282 g/mol. The van der Waals surface area contributed by atoms with E-state index < -0.39 is 0 Å². The lowest BCUT2D eigenvalue weighted by molar-refractivity contribution is 0.477. The molecule has 0 amide bonds. The van der Waals surface area contributed by atoms with E-state index in [0.717, 1.165) is 22.9 Å². The second-order valence-corrected chi connectivity index (χ2v) is 5.96. The van der Waals surface area contributed by atoms with Gasteiger partial charge in [0, 0.05) is 12.4 Å². The van der Waals surface area contributed by atoms with Crippen LogP contribution < -0.4 is 9.64 Å². The second-order valence-electron chi connectivity index (χ2n) is 5.96. The quantitative estimate of drug-likeness (QED) is 0.402. The number of ether oxygens (including phenoxy) is 1. The minimum atomic E-state index is 0.911. The van der Waals surface area contributed by atoms with Crippen molar-refractivity contribution >= 4 is 32.9 Å². The van der Waals surface area contributed by atoms with Crippen LogP contribution in [0.1, 0.15) is 0 Å². The molecule has 1 aliphatic heterocycles. The van der Waals surface area contributed by atoms with Crippen LogP contribution >= 0.6 is 0 Å². The number of anilines is 2. The third-order valence-electron chi connectivity index (χ3n) is 4.61. The summed E-state index contributed by atoms with van der Waals surface area (Å²) in [6.45, 7) is 0. The summed E-state index contributed by atoms with van der Waals surface area (Å²) >= 11 is 0. The maximum Gasteiger partial charge on any atom is 0.151 e. The number of nitrogens with zero attached hydrogens (tertiary/aromatic N) is 1. The van der Waals surface area contributed by atoms with Crippen molar-refractivity contribution < 1.29 is 4.74 Å². The highest BCUT2D eigenvalue weighted by atomic mass is 16.5. The van der Waals surface area contributed by atoms with Gasteiger partial charge in [-0.1, -0.05) is 54.6 Å². The van der Waals surface area contributed by atoms with Crippen LogP contribution in [0.3, 0.4) is 0 Å². The van der Waals surface area contributed by atoms with E-state index in [1.807, 2.05) is 0 Å². The topological polar surface area (TPSA) is 12.5 Å². The van der Waals surface area contributed by atoms with E-state index in [2.05, 4.69) is 84.7 Å². The lowest BCUT2D eigenvalue weighted by atomic mass is 10.0. The Hall–Kier alpha value is -3.00. The fraction of sp³-hybridized carbons (Fsp3) is 0.0476. The highest BCUT2D eigenvalue weighted by Crippen LogP contribution is 2.49. The molecule has 4 aromatic carbocycles. The standard InChI is InChI=1S/C21H15NO/c1-22-18-12-15-7-2-3-8-16(15)13-20(18)23-19-11-10-14-6-4-5-9-17(14)21(19)22/h2-13H,1H3. The predicted octanol–water partition coefficient (Wildman–Crippen LogP) is 5.87. The van der Waals surface area contributed by atoms with Gasteiger partial charge in [0.25, 0.3) is 0 Å². The molecule has 0 aromatic heterocycles. The number of rotatable bonds is 0. The average molecular weight is 297 g/mol. The summed E-state index contributed by atoms with van der Waals surface area (Å²) in [5, 5.41) is 4.87.